The first-order chi connectivity index (χ1) is 8.22. The minimum absolute atomic E-state index is 0.313. The topological polar surface area (TPSA) is 35.2 Å². The Morgan fingerprint density at radius 2 is 2.18 bits per heavy atom. The molecule has 0 saturated heterocycles. The van der Waals surface area contributed by atoms with E-state index in [1.807, 2.05) is 0 Å². The molecule has 2 N–H and O–H groups in total. The molecule has 1 aromatic carbocycles. The predicted octanol–water partition coefficient (Wildman–Crippen LogP) is 2.82. The van der Waals surface area contributed by atoms with Gasteiger partial charge in [-0.3, -0.25) is 0 Å². The summed E-state index contributed by atoms with van der Waals surface area (Å²) in [4.78, 5) is 0. The second-order valence-corrected chi connectivity index (χ2v) is 5.32. The van der Waals surface area contributed by atoms with Crippen molar-refractivity contribution in [2.45, 2.75) is 37.5 Å². The first kappa shape index (κ1) is 12.6. The molecular formula is C15H23NO. The van der Waals surface area contributed by atoms with Gasteiger partial charge in [0.1, 0.15) is 0 Å². The number of hydrogen-bond donors (Lipinski definition) is 1. The molecule has 94 valence electrons. The summed E-state index contributed by atoms with van der Waals surface area (Å²) in [5, 5.41) is 0. The first-order valence-corrected chi connectivity index (χ1v) is 6.51. The van der Waals surface area contributed by atoms with E-state index in [4.69, 9.17) is 10.5 Å². The quantitative estimate of drug-likeness (QED) is 0.820. The third-order valence-corrected chi connectivity index (χ3v) is 3.94. The lowest BCUT2D eigenvalue weighted by Gasteiger charge is -2.18. The maximum Gasteiger partial charge on any atom is 0.0559 e. The summed E-state index contributed by atoms with van der Waals surface area (Å²) in [6.45, 7) is 3.86. The summed E-state index contributed by atoms with van der Waals surface area (Å²) >= 11 is 0. The predicted molar refractivity (Wildman–Crippen MR) is 71.3 cm³/mol. The SMILES string of the molecule is COCC1(c2cccc(C(C)CCN)c2)CC1. The van der Waals surface area contributed by atoms with Crippen LogP contribution in [-0.2, 0) is 10.2 Å². The molecule has 1 aromatic rings. The highest BCUT2D eigenvalue weighted by atomic mass is 16.5. The van der Waals surface area contributed by atoms with Crippen molar-refractivity contribution < 1.29 is 4.74 Å². The van der Waals surface area contributed by atoms with Crippen molar-refractivity contribution in [2.75, 3.05) is 20.3 Å². The molecule has 1 saturated carbocycles. The highest BCUT2D eigenvalue weighted by Crippen LogP contribution is 2.48. The van der Waals surface area contributed by atoms with Crippen molar-refractivity contribution in [3.63, 3.8) is 0 Å². The van der Waals surface area contributed by atoms with Crippen LogP contribution in [0.15, 0.2) is 24.3 Å². The summed E-state index contributed by atoms with van der Waals surface area (Å²) in [6.07, 6.45) is 3.58. The Hall–Kier alpha value is -0.860. The van der Waals surface area contributed by atoms with Crippen molar-refractivity contribution in [1.82, 2.24) is 0 Å². The zero-order valence-electron chi connectivity index (χ0n) is 10.9. The van der Waals surface area contributed by atoms with E-state index in [-0.39, 0.29) is 0 Å². The standard InChI is InChI=1S/C15H23NO/c1-12(6-9-16)13-4-3-5-14(10-13)15(7-8-15)11-17-2/h3-5,10,12H,6-9,11,16H2,1-2H3. The third kappa shape index (κ3) is 2.70. The molecule has 1 aliphatic rings. The van der Waals surface area contributed by atoms with Crippen molar-refractivity contribution in [2.24, 2.45) is 5.73 Å². The Labute approximate surface area is 104 Å². The molecule has 1 unspecified atom stereocenters. The van der Waals surface area contributed by atoms with Gasteiger partial charge in [0, 0.05) is 12.5 Å². The van der Waals surface area contributed by atoms with Gasteiger partial charge >= 0.3 is 0 Å². The fourth-order valence-electron chi connectivity index (χ4n) is 2.54. The zero-order valence-corrected chi connectivity index (χ0v) is 10.9. The smallest absolute Gasteiger partial charge is 0.0559 e. The lowest BCUT2D eigenvalue weighted by molar-refractivity contribution is 0.171. The van der Waals surface area contributed by atoms with Crippen LogP contribution in [0.4, 0.5) is 0 Å². The van der Waals surface area contributed by atoms with Crippen molar-refractivity contribution >= 4 is 0 Å². The van der Waals surface area contributed by atoms with E-state index < -0.39 is 0 Å². The first-order valence-electron chi connectivity index (χ1n) is 6.51. The molecule has 0 amide bonds. The van der Waals surface area contributed by atoms with Crippen LogP contribution in [-0.4, -0.2) is 20.3 Å². The molecule has 0 heterocycles. The number of methoxy groups -OCH3 is 1. The summed E-state index contributed by atoms with van der Waals surface area (Å²) in [6, 6.07) is 8.98. The molecule has 1 atom stereocenters. The fraction of sp³-hybridized carbons (Fsp3) is 0.600. The summed E-state index contributed by atoms with van der Waals surface area (Å²) in [7, 11) is 1.79. The van der Waals surface area contributed by atoms with Gasteiger partial charge in [-0.2, -0.15) is 0 Å². The fourth-order valence-corrected chi connectivity index (χ4v) is 2.54. The van der Waals surface area contributed by atoms with E-state index in [2.05, 4.69) is 31.2 Å². The van der Waals surface area contributed by atoms with Crippen LogP contribution in [0.1, 0.15) is 43.2 Å². The second-order valence-electron chi connectivity index (χ2n) is 5.32. The molecule has 17 heavy (non-hydrogen) atoms. The van der Waals surface area contributed by atoms with Crippen LogP contribution in [0, 0.1) is 0 Å². The average molecular weight is 233 g/mol. The highest BCUT2D eigenvalue weighted by Gasteiger charge is 2.44. The number of benzene rings is 1. The molecule has 1 fully saturated rings. The lowest BCUT2D eigenvalue weighted by Crippen LogP contribution is -2.14. The molecule has 0 bridgehead atoms. The Kier molecular flexibility index (Phi) is 3.85. The maximum atomic E-state index is 5.63. The average Bonchev–Trinajstić information content (AvgIpc) is 3.11. The van der Waals surface area contributed by atoms with Crippen LogP contribution < -0.4 is 5.73 Å². The minimum atomic E-state index is 0.313. The Balaban J connectivity index is 2.17. The molecule has 2 nitrogen and oxygen atoms in total. The van der Waals surface area contributed by atoms with Gasteiger partial charge in [0.05, 0.1) is 6.61 Å². The van der Waals surface area contributed by atoms with Gasteiger partial charge in [-0.05, 0) is 42.9 Å². The van der Waals surface area contributed by atoms with Gasteiger partial charge in [-0.25, -0.2) is 0 Å². The van der Waals surface area contributed by atoms with Gasteiger partial charge < -0.3 is 10.5 Å². The molecule has 1 aliphatic carbocycles. The van der Waals surface area contributed by atoms with Gasteiger partial charge in [-0.15, -0.1) is 0 Å². The molecule has 0 aromatic heterocycles. The van der Waals surface area contributed by atoms with E-state index in [9.17, 15) is 0 Å². The number of hydrogen-bond acceptors (Lipinski definition) is 2. The maximum absolute atomic E-state index is 5.63. The van der Waals surface area contributed by atoms with E-state index in [0.717, 1.165) is 19.6 Å². The van der Waals surface area contributed by atoms with Crippen LogP contribution in [0.3, 0.4) is 0 Å². The Bertz CT molecular complexity index is 371. The van der Waals surface area contributed by atoms with Crippen LogP contribution in [0.2, 0.25) is 0 Å². The molecule has 0 radical (unpaired) electrons. The zero-order chi connectivity index (χ0) is 12.3. The summed E-state index contributed by atoms with van der Waals surface area (Å²) < 4.78 is 5.35. The molecule has 0 spiro atoms. The van der Waals surface area contributed by atoms with Gasteiger partial charge in [-0.1, -0.05) is 31.2 Å². The van der Waals surface area contributed by atoms with Crippen LogP contribution in [0.25, 0.3) is 0 Å². The van der Waals surface area contributed by atoms with Gasteiger partial charge in [0.25, 0.3) is 0 Å². The largest absolute Gasteiger partial charge is 0.384 e. The third-order valence-electron chi connectivity index (χ3n) is 3.94. The minimum Gasteiger partial charge on any atom is -0.384 e. The van der Waals surface area contributed by atoms with Crippen LogP contribution in [0.5, 0.6) is 0 Å². The monoisotopic (exact) mass is 233 g/mol. The molecule has 2 heteroatoms. The summed E-state index contributed by atoms with van der Waals surface area (Å²) in [5.41, 5.74) is 8.80. The van der Waals surface area contributed by atoms with Gasteiger partial charge in [0.15, 0.2) is 0 Å². The van der Waals surface area contributed by atoms with E-state index in [1.165, 1.54) is 24.0 Å². The van der Waals surface area contributed by atoms with E-state index >= 15 is 0 Å². The number of ether oxygens (including phenoxy) is 1. The van der Waals surface area contributed by atoms with E-state index in [1.54, 1.807) is 7.11 Å². The number of rotatable bonds is 6. The van der Waals surface area contributed by atoms with Gasteiger partial charge in [0.2, 0.25) is 0 Å². The molecular weight excluding hydrogens is 210 g/mol. The Morgan fingerprint density at radius 3 is 2.76 bits per heavy atom. The second kappa shape index (κ2) is 5.19. The highest BCUT2D eigenvalue weighted by molar-refractivity contribution is 5.36. The van der Waals surface area contributed by atoms with Crippen molar-refractivity contribution in [3.05, 3.63) is 35.4 Å². The van der Waals surface area contributed by atoms with Crippen molar-refractivity contribution in [1.29, 1.82) is 0 Å². The normalized spacial score (nSPS) is 19.0. The molecule has 2 rings (SSSR count). The molecule has 0 aliphatic heterocycles. The Morgan fingerprint density at radius 1 is 1.41 bits per heavy atom. The number of nitrogens with two attached hydrogens (primary N) is 1. The van der Waals surface area contributed by atoms with Crippen molar-refractivity contribution in [3.8, 4) is 0 Å². The summed E-state index contributed by atoms with van der Waals surface area (Å²) in [5.74, 6) is 0.554. The van der Waals surface area contributed by atoms with E-state index in [0.29, 0.717) is 11.3 Å². The van der Waals surface area contributed by atoms with Crippen LogP contribution >= 0.6 is 0 Å². The lowest BCUT2D eigenvalue weighted by atomic mass is 9.90.